The van der Waals surface area contributed by atoms with E-state index in [-0.39, 0.29) is 6.10 Å². The number of hydrogen-bond donors (Lipinski definition) is 0. The molecule has 25 heavy (non-hydrogen) atoms. The van der Waals surface area contributed by atoms with Gasteiger partial charge in [0, 0.05) is 11.3 Å². The maximum Gasteiger partial charge on any atom is 0.161 e. The summed E-state index contributed by atoms with van der Waals surface area (Å²) in [5.41, 5.74) is 2.60. The summed E-state index contributed by atoms with van der Waals surface area (Å²) >= 11 is 1.54. The van der Waals surface area contributed by atoms with Gasteiger partial charge in [0.05, 0.1) is 24.0 Å². The van der Waals surface area contributed by atoms with Crippen LogP contribution in [0.1, 0.15) is 55.8 Å². The summed E-state index contributed by atoms with van der Waals surface area (Å²) in [6.45, 7) is 6.47. The van der Waals surface area contributed by atoms with E-state index in [0.717, 1.165) is 22.0 Å². The first-order chi connectivity index (χ1) is 12.1. The van der Waals surface area contributed by atoms with E-state index in [0.29, 0.717) is 23.8 Å². The Kier molecular flexibility index (Phi) is 5.40. The molecule has 0 atom stereocenters. The van der Waals surface area contributed by atoms with Gasteiger partial charge in [0.1, 0.15) is 11.1 Å². The zero-order chi connectivity index (χ0) is 17.8. The molecule has 1 fully saturated rings. The molecule has 0 radical (unpaired) electrons. The number of thiazole rings is 1. The van der Waals surface area contributed by atoms with E-state index in [4.69, 9.17) is 9.47 Å². The van der Waals surface area contributed by atoms with E-state index < -0.39 is 0 Å². The molecular weight excluding hydrogens is 332 g/mol. The molecule has 2 aromatic rings. The number of rotatable bonds is 7. The van der Waals surface area contributed by atoms with E-state index in [9.17, 15) is 5.26 Å². The van der Waals surface area contributed by atoms with Gasteiger partial charge in [-0.2, -0.15) is 5.26 Å². The first-order valence-electron chi connectivity index (χ1n) is 8.61. The van der Waals surface area contributed by atoms with Crippen LogP contribution in [0.15, 0.2) is 23.6 Å². The van der Waals surface area contributed by atoms with Crippen molar-refractivity contribution in [2.75, 3.05) is 6.61 Å². The summed E-state index contributed by atoms with van der Waals surface area (Å²) in [7, 11) is 0. The minimum Gasteiger partial charge on any atom is -0.490 e. The maximum atomic E-state index is 9.54. The van der Waals surface area contributed by atoms with Crippen molar-refractivity contribution in [1.29, 1.82) is 5.26 Å². The van der Waals surface area contributed by atoms with Gasteiger partial charge in [0.25, 0.3) is 0 Å². The van der Waals surface area contributed by atoms with Crippen LogP contribution in [0.2, 0.25) is 0 Å². The van der Waals surface area contributed by atoms with Crippen molar-refractivity contribution >= 4 is 23.0 Å². The molecule has 1 saturated carbocycles. The van der Waals surface area contributed by atoms with Crippen LogP contribution in [0.25, 0.3) is 11.6 Å². The van der Waals surface area contributed by atoms with Crippen molar-refractivity contribution in [3.63, 3.8) is 0 Å². The van der Waals surface area contributed by atoms with Gasteiger partial charge in [0.2, 0.25) is 0 Å². The fourth-order valence-corrected chi connectivity index (χ4v) is 3.39. The minimum atomic E-state index is 0.0754. The van der Waals surface area contributed by atoms with Gasteiger partial charge in [-0.25, -0.2) is 4.98 Å². The Morgan fingerprint density at radius 1 is 1.40 bits per heavy atom. The number of nitriles is 1. The van der Waals surface area contributed by atoms with E-state index in [2.05, 4.69) is 16.4 Å². The van der Waals surface area contributed by atoms with Crippen molar-refractivity contribution < 1.29 is 9.47 Å². The Morgan fingerprint density at radius 2 is 2.20 bits per heavy atom. The fraction of sp³-hybridized carbons (Fsp3) is 0.400. The Balaban J connectivity index is 1.89. The lowest BCUT2D eigenvalue weighted by Gasteiger charge is -2.15. The number of aromatic nitrogens is 1. The van der Waals surface area contributed by atoms with Crippen LogP contribution >= 0.6 is 11.3 Å². The van der Waals surface area contributed by atoms with Gasteiger partial charge >= 0.3 is 0 Å². The van der Waals surface area contributed by atoms with Gasteiger partial charge in [-0.1, -0.05) is 6.07 Å². The second kappa shape index (κ2) is 7.71. The predicted molar refractivity (Wildman–Crippen MR) is 101 cm³/mol. The molecule has 4 nitrogen and oxygen atoms in total. The van der Waals surface area contributed by atoms with Crippen LogP contribution in [0, 0.1) is 11.3 Å². The molecule has 0 spiro atoms. The average Bonchev–Trinajstić information content (AvgIpc) is 3.32. The van der Waals surface area contributed by atoms with Gasteiger partial charge in [-0.15, -0.1) is 11.3 Å². The standard InChI is InChI=1S/C20H22N2O2S/c1-4-23-19-10-14(5-8-18(19)24-13(2)3)9-16(11-21)20-22-17(12-25-20)15-6-7-15/h5,8-10,12-13,15H,4,6-7H2,1-3H3/b16-9+. The SMILES string of the molecule is CCOc1cc(/C=C(\C#N)c2nc(C3CC3)cs2)ccc1OC(C)C. The normalized spacial score (nSPS) is 14.4. The molecule has 1 aliphatic rings. The summed E-state index contributed by atoms with van der Waals surface area (Å²) in [6.07, 6.45) is 4.36. The second-order valence-corrected chi connectivity index (χ2v) is 7.19. The highest BCUT2D eigenvalue weighted by atomic mass is 32.1. The van der Waals surface area contributed by atoms with Crippen LogP contribution in [0.5, 0.6) is 11.5 Å². The molecular formula is C20H22N2O2S. The Labute approximate surface area is 152 Å². The third-order valence-corrected chi connectivity index (χ3v) is 4.70. The van der Waals surface area contributed by atoms with Crippen LogP contribution in [0.3, 0.4) is 0 Å². The smallest absolute Gasteiger partial charge is 0.161 e. The van der Waals surface area contributed by atoms with Crippen molar-refractivity contribution in [1.82, 2.24) is 4.98 Å². The van der Waals surface area contributed by atoms with Crippen LogP contribution < -0.4 is 9.47 Å². The first kappa shape index (κ1) is 17.5. The Morgan fingerprint density at radius 3 is 2.84 bits per heavy atom. The van der Waals surface area contributed by atoms with Crippen molar-refractivity contribution in [2.24, 2.45) is 0 Å². The zero-order valence-corrected chi connectivity index (χ0v) is 15.6. The predicted octanol–water partition coefficient (Wildman–Crippen LogP) is 5.27. The molecule has 130 valence electrons. The molecule has 1 aromatic heterocycles. The highest BCUT2D eigenvalue weighted by molar-refractivity contribution is 7.11. The lowest BCUT2D eigenvalue weighted by Crippen LogP contribution is -2.07. The largest absolute Gasteiger partial charge is 0.490 e. The molecule has 0 amide bonds. The lowest BCUT2D eigenvalue weighted by molar-refractivity contribution is 0.224. The summed E-state index contributed by atoms with van der Waals surface area (Å²) in [5.74, 6) is 2.01. The average molecular weight is 354 g/mol. The van der Waals surface area contributed by atoms with Gasteiger partial charge < -0.3 is 9.47 Å². The Hall–Kier alpha value is -2.32. The molecule has 0 bridgehead atoms. The highest BCUT2D eigenvalue weighted by Crippen LogP contribution is 2.41. The molecule has 1 aliphatic carbocycles. The van der Waals surface area contributed by atoms with Crippen molar-refractivity contribution in [3.8, 4) is 17.6 Å². The van der Waals surface area contributed by atoms with E-state index in [1.807, 2.05) is 45.0 Å². The lowest BCUT2D eigenvalue weighted by atomic mass is 10.1. The second-order valence-electron chi connectivity index (χ2n) is 6.33. The number of allylic oxidation sites excluding steroid dienone is 1. The van der Waals surface area contributed by atoms with E-state index >= 15 is 0 Å². The topological polar surface area (TPSA) is 55.1 Å². The monoisotopic (exact) mass is 354 g/mol. The summed E-state index contributed by atoms with van der Waals surface area (Å²) < 4.78 is 11.5. The van der Waals surface area contributed by atoms with Crippen molar-refractivity contribution in [2.45, 2.75) is 45.6 Å². The van der Waals surface area contributed by atoms with Gasteiger partial charge in [-0.05, 0) is 57.4 Å². The molecule has 5 heteroatoms. The fourth-order valence-electron chi connectivity index (χ4n) is 2.52. The highest BCUT2D eigenvalue weighted by Gasteiger charge is 2.26. The first-order valence-corrected chi connectivity index (χ1v) is 9.49. The molecule has 0 unspecified atom stereocenters. The molecule has 0 N–H and O–H groups in total. The summed E-state index contributed by atoms with van der Waals surface area (Å²) in [6, 6.07) is 8.02. The number of ether oxygens (including phenoxy) is 2. The molecule has 1 aromatic carbocycles. The molecule has 1 heterocycles. The molecule has 0 aliphatic heterocycles. The van der Waals surface area contributed by atoms with Gasteiger partial charge in [-0.3, -0.25) is 0 Å². The number of benzene rings is 1. The van der Waals surface area contributed by atoms with E-state index in [1.54, 1.807) is 0 Å². The van der Waals surface area contributed by atoms with E-state index in [1.165, 1.54) is 24.2 Å². The van der Waals surface area contributed by atoms with Crippen LogP contribution in [-0.2, 0) is 0 Å². The summed E-state index contributed by atoms with van der Waals surface area (Å²) in [5, 5.41) is 12.4. The molecule has 0 saturated heterocycles. The van der Waals surface area contributed by atoms with Gasteiger partial charge in [0.15, 0.2) is 11.5 Å². The quantitative estimate of drug-likeness (QED) is 0.636. The number of hydrogen-bond acceptors (Lipinski definition) is 5. The minimum absolute atomic E-state index is 0.0754. The maximum absolute atomic E-state index is 9.54. The zero-order valence-electron chi connectivity index (χ0n) is 14.8. The summed E-state index contributed by atoms with van der Waals surface area (Å²) in [4.78, 5) is 4.63. The third-order valence-electron chi connectivity index (χ3n) is 3.81. The third kappa shape index (κ3) is 4.40. The van der Waals surface area contributed by atoms with Crippen LogP contribution in [-0.4, -0.2) is 17.7 Å². The van der Waals surface area contributed by atoms with Crippen molar-refractivity contribution in [3.05, 3.63) is 39.8 Å². The number of nitrogens with zero attached hydrogens (tertiary/aromatic N) is 2. The molecule has 3 rings (SSSR count). The van der Waals surface area contributed by atoms with Crippen LogP contribution in [0.4, 0.5) is 0 Å². The Bertz CT molecular complexity index is 813.